The molecule has 0 radical (unpaired) electrons. The molecule has 0 spiro atoms. The van der Waals surface area contributed by atoms with Gasteiger partial charge in [-0.2, -0.15) is 5.10 Å². The standard InChI is InChI=1S/C23H22FN7O3/c1-3-14-10-18(30(2)28-14)23(33)25-17-11-15(6-7-16(17)24)34-21-9-8-20-26-19(12-31(20)29-21)27-22(32)13-4-5-13/h6-13H,3-5H2,1-2H3,(H,25,33)(H,27,32). The third-order valence-electron chi connectivity index (χ3n) is 5.43. The van der Waals surface area contributed by atoms with Crippen molar-refractivity contribution in [2.24, 2.45) is 13.0 Å². The lowest BCUT2D eigenvalue weighted by atomic mass is 10.2. The van der Waals surface area contributed by atoms with Gasteiger partial charge in [0.2, 0.25) is 11.8 Å². The summed E-state index contributed by atoms with van der Waals surface area (Å²) in [5.41, 5.74) is 1.59. The maximum atomic E-state index is 14.4. The van der Waals surface area contributed by atoms with Crippen LogP contribution in [0.2, 0.25) is 0 Å². The van der Waals surface area contributed by atoms with Crippen LogP contribution in [0.3, 0.4) is 0 Å². The van der Waals surface area contributed by atoms with Crippen LogP contribution >= 0.6 is 0 Å². The first kappa shape index (κ1) is 21.6. The number of aromatic nitrogens is 5. The Balaban J connectivity index is 1.32. The van der Waals surface area contributed by atoms with Crippen LogP contribution in [0.4, 0.5) is 15.9 Å². The maximum Gasteiger partial charge on any atom is 0.274 e. The van der Waals surface area contributed by atoms with E-state index in [4.69, 9.17) is 4.74 Å². The summed E-state index contributed by atoms with van der Waals surface area (Å²) in [7, 11) is 1.66. The number of amides is 2. The molecule has 11 heteroatoms. The molecule has 4 aromatic rings. The predicted molar refractivity (Wildman–Crippen MR) is 121 cm³/mol. The number of nitrogens with zero attached hydrogens (tertiary/aromatic N) is 5. The van der Waals surface area contributed by atoms with Crippen LogP contribution in [0.1, 0.15) is 35.9 Å². The van der Waals surface area contributed by atoms with Gasteiger partial charge in [0.1, 0.15) is 17.3 Å². The molecule has 0 aliphatic heterocycles. The Bertz CT molecular complexity index is 1410. The third kappa shape index (κ3) is 4.45. The lowest BCUT2D eigenvalue weighted by Gasteiger charge is -2.10. The number of carbonyl (C=O) groups excluding carboxylic acids is 2. The average Bonchev–Trinajstić information content (AvgIpc) is 3.49. The number of hydrogen-bond acceptors (Lipinski definition) is 6. The number of carbonyl (C=O) groups is 2. The van der Waals surface area contributed by atoms with Crippen molar-refractivity contribution in [1.82, 2.24) is 24.4 Å². The molecule has 1 aliphatic rings. The minimum atomic E-state index is -0.604. The quantitative estimate of drug-likeness (QED) is 0.433. The third-order valence-corrected chi connectivity index (χ3v) is 5.43. The number of imidazole rings is 1. The first-order valence-electron chi connectivity index (χ1n) is 10.9. The van der Waals surface area contributed by atoms with Crippen molar-refractivity contribution in [3.8, 4) is 11.6 Å². The van der Waals surface area contributed by atoms with Gasteiger partial charge in [0.05, 0.1) is 17.6 Å². The lowest BCUT2D eigenvalue weighted by Crippen LogP contribution is -2.16. The number of rotatable bonds is 7. The van der Waals surface area contributed by atoms with Crippen molar-refractivity contribution in [2.45, 2.75) is 26.2 Å². The average molecular weight is 463 g/mol. The van der Waals surface area contributed by atoms with Gasteiger partial charge in [0, 0.05) is 25.1 Å². The van der Waals surface area contributed by atoms with Gasteiger partial charge in [-0.3, -0.25) is 14.3 Å². The maximum absolute atomic E-state index is 14.4. The van der Waals surface area contributed by atoms with E-state index in [2.05, 4.69) is 25.8 Å². The fraction of sp³-hybridized carbons (Fsp3) is 0.261. The summed E-state index contributed by atoms with van der Waals surface area (Å²) in [6, 6.07) is 8.98. The van der Waals surface area contributed by atoms with E-state index in [1.54, 1.807) is 31.4 Å². The summed E-state index contributed by atoms with van der Waals surface area (Å²) in [5.74, 6) is -0.140. The number of anilines is 2. The van der Waals surface area contributed by atoms with E-state index >= 15 is 0 Å². The monoisotopic (exact) mass is 463 g/mol. The predicted octanol–water partition coefficient (Wildman–Crippen LogP) is 3.56. The Hall–Kier alpha value is -4.28. The normalized spacial score (nSPS) is 13.1. The molecule has 1 aromatic carbocycles. The van der Waals surface area contributed by atoms with E-state index in [0.717, 1.165) is 18.5 Å². The second-order valence-electron chi connectivity index (χ2n) is 8.06. The number of ether oxygens (including phenoxy) is 1. The Morgan fingerprint density at radius 1 is 1.15 bits per heavy atom. The van der Waals surface area contributed by atoms with Gasteiger partial charge in [0.15, 0.2) is 11.5 Å². The van der Waals surface area contributed by atoms with Crippen LogP contribution in [0, 0.1) is 11.7 Å². The molecule has 10 nitrogen and oxygen atoms in total. The number of halogens is 1. The van der Waals surface area contributed by atoms with E-state index in [9.17, 15) is 14.0 Å². The van der Waals surface area contributed by atoms with Crippen LogP contribution in [0.15, 0.2) is 42.6 Å². The smallest absolute Gasteiger partial charge is 0.274 e. The highest BCUT2D eigenvalue weighted by Gasteiger charge is 2.30. The fourth-order valence-electron chi connectivity index (χ4n) is 3.44. The lowest BCUT2D eigenvalue weighted by molar-refractivity contribution is -0.117. The Labute approximate surface area is 193 Å². The Kier molecular flexibility index (Phi) is 5.44. The fourth-order valence-corrected chi connectivity index (χ4v) is 3.44. The van der Waals surface area contributed by atoms with E-state index in [1.165, 1.54) is 27.4 Å². The molecule has 0 unspecified atom stereocenters. The van der Waals surface area contributed by atoms with Crippen LogP contribution in [-0.2, 0) is 18.3 Å². The number of nitrogens with one attached hydrogen (secondary N) is 2. The second kappa shape index (κ2) is 8.58. The van der Waals surface area contributed by atoms with Crippen molar-refractivity contribution < 1.29 is 18.7 Å². The number of fused-ring (bicyclic) bond motifs is 1. The van der Waals surface area contributed by atoms with E-state index in [-0.39, 0.29) is 29.1 Å². The summed E-state index contributed by atoms with van der Waals surface area (Å²) in [5, 5.41) is 13.9. The molecule has 5 rings (SSSR count). The highest BCUT2D eigenvalue weighted by atomic mass is 19.1. The zero-order valence-electron chi connectivity index (χ0n) is 18.6. The van der Waals surface area contributed by atoms with Gasteiger partial charge >= 0.3 is 0 Å². The van der Waals surface area contributed by atoms with Gasteiger partial charge in [-0.25, -0.2) is 13.9 Å². The van der Waals surface area contributed by atoms with Crippen molar-refractivity contribution in [3.05, 3.63) is 59.8 Å². The second-order valence-corrected chi connectivity index (χ2v) is 8.06. The first-order valence-corrected chi connectivity index (χ1v) is 10.9. The van der Waals surface area contributed by atoms with Gasteiger partial charge in [-0.1, -0.05) is 6.92 Å². The molecule has 2 amide bonds. The van der Waals surface area contributed by atoms with Gasteiger partial charge in [-0.15, -0.1) is 5.10 Å². The van der Waals surface area contributed by atoms with Crippen LogP contribution in [-0.4, -0.2) is 36.2 Å². The van der Waals surface area contributed by atoms with Crippen molar-refractivity contribution in [2.75, 3.05) is 10.6 Å². The molecule has 3 aromatic heterocycles. The van der Waals surface area contributed by atoms with Crippen LogP contribution < -0.4 is 15.4 Å². The molecule has 174 valence electrons. The van der Waals surface area contributed by atoms with Gasteiger partial charge < -0.3 is 15.4 Å². The zero-order valence-corrected chi connectivity index (χ0v) is 18.6. The van der Waals surface area contributed by atoms with Gasteiger partial charge in [-0.05, 0) is 43.5 Å². The molecule has 2 N–H and O–H groups in total. The zero-order chi connectivity index (χ0) is 23.8. The van der Waals surface area contributed by atoms with Crippen molar-refractivity contribution in [3.63, 3.8) is 0 Å². The summed E-state index contributed by atoms with van der Waals surface area (Å²) in [6.07, 6.45) is 4.08. The minimum absolute atomic E-state index is 0.0319. The molecule has 34 heavy (non-hydrogen) atoms. The topological polar surface area (TPSA) is 115 Å². The molecule has 3 heterocycles. The van der Waals surface area contributed by atoms with E-state index in [1.807, 2.05) is 6.92 Å². The summed E-state index contributed by atoms with van der Waals surface area (Å²) in [6.45, 7) is 1.94. The van der Waals surface area contributed by atoms with Gasteiger partial charge in [0.25, 0.3) is 5.91 Å². The highest BCUT2D eigenvalue weighted by molar-refractivity contribution is 6.03. The van der Waals surface area contributed by atoms with Crippen LogP contribution in [0.5, 0.6) is 11.6 Å². The summed E-state index contributed by atoms with van der Waals surface area (Å²) >= 11 is 0. The minimum Gasteiger partial charge on any atom is -0.438 e. The highest BCUT2D eigenvalue weighted by Crippen LogP contribution is 2.30. The SMILES string of the molecule is CCc1cc(C(=O)Nc2cc(Oc3ccc4nc(NC(=O)C5CC5)cn4n3)ccc2F)n(C)n1. The molecule has 1 fully saturated rings. The molecule has 0 atom stereocenters. The number of aryl methyl sites for hydroxylation is 2. The Morgan fingerprint density at radius 3 is 2.71 bits per heavy atom. The number of benzene rings is 1. The summed E-state index contributed by atoms with van der Waals surface area (Å²) < 4.78 is 23.1. The molecule has 1 aliphatic carbocycles. The largest absolute Gasteiger partial charge is 0.438 e. The molecule has 1 saturated carbocycles. The number of hydrogen-bond donors (Lipinski definition) is 2. The van der Waals surface area contributed by atoms with E-state index < -0.39 is 11.7 Å². The molecule has 0 saturated heterocycles. The van der Waals surface area contributed by atoms with E-state index in [0.29, 0.717) is 23.6 Å². The van der Waals surface area contributed by atoms with Crippen molar-refractivity contribution >= 4 is 29.0 Å². The molecule has 0 bridgehead atoms. The van der Waals surface area contributed by atoms with Crippen LogP contribution in [0.25, 0.3) is 5.65 Å². The Morgan fingerprint density at radius 2 is 1.97 bits per heavy atom. The first-order chi connectivity index (χ1) is 16.4. The molecular formula is C23H22FN7O3. The van der Waals surface area contributed by atoms with Crippen molar-refractivity contribution in [1.29, 1.82) is 0 Å². The molecular weight excluding hydrogens is 441 g/mol. The summed E-state index contributed by atoms with van der Waals surface area (Å²) in [4.78, 5) is 28.9.